The largest absolute Gasteiger partial charge is 0.493 e. The third-order valence-electron chi connectivity index (χ3n) is 5.66. The van der Waals surface area contributed by atoms with Crippen LogP contribution in [0.3, 0.4) is 0 Å². The zero-order valence-corrected chi connectivity index (χ0v) is 18.1. The Kier molecular flexibility index (Phi) is 7.29. The van der Waals surface area contributed by atoms with Gasteiger partial charge in [-0.05, 0) is 47.7 Å². The molecule has 0 amide bonds. The molecule has 1 aliphatic heterocycles. The Morgan fingerprint density at radius 2 is 1.47 bits per heavy atom. The van der Waals surface area contributed by atoms with E-state index in [1.165, 1.54) is 0 Å². The molecule has 7 heteroatoms. The highest BCUT2D eigenvalue weighted by Gasteiger charge is 2.38. The van der Waals surface area contributed by atoms with Crippen LogP contribution in [0.15, 0.2) is 30.3 Å². The third-order valence-corrected chi connectivity index (χ3v) is 5.66. The first-order valence-electron chi connectivity index (χ1n) is 9.83. The van der Waals surface area contributed by atoms with Crippen LogP contribution in [0.4, 0.5) is 0 Å². The normalized spacial score (nSPS) is 20.7. The first-order valence-corrected chi connectivity index (χ1v) is 9.83. The second-order valence-electron chi connectivity index (χ2n) is 7.21. The van der Waals surface area contributed by atoms with Crippen LogP contribution in [0.1, 0.15) is 17.2 Å². The zero-order valence-electron chi connectivity index (χ0n) is 18.1. The monoisotopic (exact) mass is 418 g/mol. The average Bonchev–Trinajstić information content (AvgIpc) is 3.20. The Balaban J connectivity index is 1.85. The van der Waals surface area contributed by atoms with Crippen LogP contribution in [0.5, 0.6) is 28.7 Å². The second kappa shape index (κ2) is 9.91. The SMILES string of the molecule is COc1ccc(CC2COC(c3cc(OC)c(OC)c(OC)c3)C2CO)cc1OC. The summed E-state index contributed by atoms with van der Waals surface area (Å²) < 4.78 is 33.2. The van der Waals surface area contributed by atoms with Gasteiger partial charge in [0.15, 0.2) is 23.0 Å². The number of methoxy groups -OCH3 is 5. The summed E-state index contributed by atoms with van der Waals surface area (Å²) in [5.74, 6) is 3.13. The second-order valence-corrected chi connectivity index (χ2v) is 7.21. The summed E-state index contributed by atoms with van der Waals surface area (Å²) in [4.78, 5) is 0. The van der Waals surface area contributed by atoms with Crippen LogP contribution in [-0.4, -0.2) is 53.9 Å². The Hall–Kier alpha value is -2.64. The van der Waals surface area contributed by atoms with Crippen molar-refractivity contribution in [1.82, 2.24) is 0 Å². The molecule has 2 aromatic carbocycles. The lowest BCUT2D eigenvalue weighted by Gasteiger charge is -2.23. The van der Waals surface area contributed by atoms with Crippen LogP contribution < -0.4 is 23.7 Å². The fourth-order valence-electron chi connectivity index (χ4n) is 4.10. The van der Waals surface area contributed by atoms with Gasteiger partial charge in [-0.3, -0.25) is 0 Å². The van der Waals surface area contributed by atoms with Gasteiger partial charge in [0.05, 0.1) is 48.3 Å². The molecule has 7 nitrogen and oxygen atoms in total. The molecule has 30 heavy (non-hydrogen) atoms. The Bertz CT molecular complexity index is 826. The molecule has 164 valence electrons. The quantitative estimate of drug-likeness (QED) is 0.670. The molecule has 3 atom stereocenters. The van der Waals surface area contributed by atoms with Crippen LogP contribution in [0.2, 0.25) is 0 Å². The molecule has 0 aromatic heterocycles. The minimum atomic E-state index is -0.270. The van der Waals surface area contributed by atoms with E-state index < -0.39 is 0 Å². The van der Waals surface area contributed by atoms with Crippen molar-refractivity contribution < 1.29 is 33.5 Å². The zero-order chi connectivity index (χ0) is 21.7. The fourth-order valence-corrected chi connectivity index (χ4v) is 4.10. The topological polar surface area (TPSA) is 75.6 Å². The van der Waals surface area contributed by atoms with Crippen LogP contribution in [0.25, 0.3) is 0 Å². The van der Waals surface area contributed by atoms with Crippen molar-refractivity contribution in [2.45, 2.75) is 12.5 Å². The molecule has 3 rings (SSSR count). The van der Waals surface area contributed by atoms with E-state index in [1.807, 2.05) is 30.3 Å². The Morgan fingerprint density at radius 3 is 2.00 bits per heavy atom. The molecule has 3 unspecified atom stereocenters. The highest BCUT2D eigenvalue weighted by atomic mass is 16.5. The van der Waals surface area contributed by atoms with Crippen molar-refractivity contribution in [2.24, 2.45) is 11.8 Å². The minimum absolute atomic E-state index is 0.0132. The maximum Gasteiger partial charge on any atom is 0.203 e. The molecule has 0 spiro atoms. The molecule has 0 bridgehead atoms. The van der Waals surface area contributed by atoms with Gasteiger partial charge in [0, 0.05) is 12.5 Å². The van der Waals surface area contributed by atoms with Gasteiger partial charge in [0.1, 0.15) is 0 Å². The van der Waals surface area contributed by atoms with E-state index in [-0.39, 0.29) is 24.5 Å². The standard InChI is InChI=1S/C23H30O7/c1-25-18-7-6-14(9-19(18)26-2)8-16-13-30-22(17(16)12-24)15-10-20(27-3)23(29-5)21(11-15)28-4/h6-7,9-11,16-17,22,24H,8,12-13H2,1-5H3. The van der Waals surface area contributed by atoms with Crippen molar-refractivity contribution in [1.29, 1.82) is 0 Å². The lowest BCUT2D eigenvalue weighted by atomic mass is 9.84. The summed E-state index contributed by atoms with van der Waals surface area (Å²) in [6.07, 6.45) is 0.487. The van der Waals surface area contributed by atoms with Gasteiger partial charge in [-0.15, -0.1) is 0 Å². The van der Waals surface area contributed by atoms with Crippen LogP contribution >= 0.6 is 0 Å². The van der Waals surface area contributed by atoms with E-state index in [1.54, 1.807) is 35.5 Å². The Morgan fingerprint density at radius 1 is 0.833 bits per heavy atom. The van der Waals surface area contributed by atoms with Crippen molar-refractivity contribution in [3.63, 3.8) is 0 Å². The molecule has 1 aliphatic rings. The van der Waals surface area contributed by atoms with E-state index >= 15 is 0 Å². The van der Waals surface area contributed by atoms with Crippen molar-refractivity contribution in [3.8, 4) is 28.7 Å². The van der Waals surface area contributed by atoms with Gasteiger partial charge in [-0.1, -0.05) is 6.07 Å². The molecule has 0 radical (unpaired) electrons. The third kappa shape index (κ3) is 4.27. The minimum Gasteiger partial charge on any atom is -0.493 e. The van der Waals surface area contributed by atoms with Crippen molar-refractivity contribution in [2.75, 3.05) is 48.8 Å². The predicted molar refractivity (Wildman–Crippen MR) is 112 cm³/mol. The van der Waals surface area contributed by atoms with E-state index in [4.69, 9.17) is 28.4 Å². The van der Waals surface area contributed by atoms with Gasteiger partial charge in [-0.2, -0.15) is 0 Å². The van der Waals surface area contributed by atoms with Crippen molar-refractivity contribution >= 4 is 0 Å². The molecule has 1 N–H and O–H groups in total. The first-order chi connectivity index (χ1) is 14.6. The summed E-state index contributed by atoms with van der Waals surface area (Å²) in [5, 5.41) is 10.2. The highest BCUT2D eigenvalue weighted by Crippen LogP contribution is 2.46. The van der Waals surface area contributed by atoms with Gasteiger partial charge in [0.2, 0.25) is 5.75 Å². The summed E-state index contributed by atoms with van der Waals surface area (Å²) in [5.41, 5.74) is 1.99. The van der Waals surface area contributed by atoms with Gasteiger partial charge >= 0.3 is 0 Å². The van der Waals surface area contributed by atoms with E-state index in [0.29, 0.717) is 35.4 Å². The summed E-state index contributed by atoms with van der Waals surface area (Å²) in [6.45, 7) is 0.556. The Labute approximate surface area is 177 Å². The summed E-state index contributed by atoms with van der Waals surface area (Å²) in [7, 11) is 7.98. The average molecular weight is 418 g/mol. The van der Waals surface area contributed by atoms with Crippen LogP contribution in [-0.2, 0) is 11.2 Å². The predicted octanol–water partition coefficient (Wildman–Crippen LogP) is 3.27. The van der Waals surface area contributed by atoms with Gasteiger partial charge in [0.25, 0.3) is 0 Å². The number of hydrogen-bond donors (Lipinski definition) is 1. The highest BCUT2D eigenvalue weighted by molar-refractivity contribution is 5.54. The van der Waals surface area contributed by atoms with E-state index in [9.17, 15) is 5.11 Å². The number of ether oxygens (including phenoxy) is 6. The molecule has 1 heterocycles. The van der Waals surface area contributed by atoms with Gasteiger partial charge in [-0.25, -0.2) is 0 Å². The molecular weight excluding hydrogens is 388 g/mol. The molecule has 1 fully saturated rings. The van der Waals surface area contributed by atoms with Crippen molar-refractivity contribution in [3.05, 3.63) is 41.5 Å². The summed E-state index contributed by atoms with van der Waals surface area (Å²) >= 11 is 0. The molecule has 0 saturated carbocycles. The maximum absolute atomic E-state index is 10.2. The van der Waals surface area contributed by atoms with Crippen LogP contribution in [0, 0.1) is 11.8 Å². The maximum atomic E-state index is 10.2. The number of aliphatic hydroxyl groups is 1. The molecular formula is C23H30O7. The fraction of sp³-hybridized carbons (Fsp3) is 0.478. The first kappa shape index (κ1) is 22.1. The van der Waals surface area contributed by atoms with E-state index in [2.05, 4.69) is 0 Å². The molecule has 2 aromatic rings. The number of benzene rings is 2. The van der Waals surface area contributed by atoms with E-state index in [0.717, 1.165) is 17.5 Å². The molecule has 0 aliphatic carbocycles. The number of rotatable bonds is 9. The summed E-state index contributed by atoms with van der Waals surface area (Å²) in [6, 6.07) is 9.65. The van der Waals surface area contributed by atoms with Gasteiger partial charge < -0.3 is 33.5 Å². The number of hydrogen-bond acceptors (Lipinski definition) is 7. The lowest BCUT2D eigenvalue weighted by Crippen LogP contribution is -2.21. The lowest BCUT2D eigenvalue weighted by molar-refractivity contribution is 0.0715. The molecule has 1 saturated heterocycles. The smallest absolute Gasteiger partial charge is 0.203 e. The number of aliphatic hydroxyl groups excluding tert-OH is 1.